The smallest absolute Gasteiger partial charge is 0.122 e. The summed E-state index contributed by atoms with van der Waals surface area (Å²) in [6.07, 6.45) is 1.37. The van der Waals surface area contributed by atoms with E-state index in [0.29, 0.717) is 18.9 Å². The van der Waals surface area contributed by atoms with Crippen molar-refractivity contribution in [2.75, 3.05) is 27.3 Å². The fourth-order valence-corrected chi connectivity index (χ4v) is 3.14. The molecular formula is C23H33NO3. The Labute approximate surface area is 163 Å². The lowest BCUT2D eigenvalue weighted by Gasteiger charge is -2.26. The fraction of sp³-hybridized carbons (Fsp3) is 0.478. The number of hydrogen-bond donors (Lipinski definition) is 1. The van der Waals surface area contributed by atoms with E-state index in [1.807, 2.05) is 36.4 Å². The molecule has 0 aliphatic rings. The molecule has 4 heteroatoms. The van der Waals surface area contributed by atoms with Gasteiger partial charge in [-0.2, -0.15) is 0 Å². The van der Waals surface area contributed by atoms with Crippen LogP contribution in [0.2, 0.25) is 0 Å². The van der Waals surface area contributed by atoms with Gasteiger partial charge in [0.2, 0.25) is 0 Å². The number of nitrogens with zero attached hydrogens (tertiary/aromatic N) is 1. The van der Waals surface area contributed by atoms with Crippen molar-refractivity contribution in [3.8, 4) is 11.5 Å². The van der Waals surface area contributed by atoms with Gasteiger partial charge >= 0.3 is 0 Å². The first-order valence-electron chi connectivity index (χ1n) is 9.66. The first kappa shape index (κ1) is 21.3. The summed E-state index contributed by atoms with van der Waals surface area (Å²) in [7, 11) is 3.33. The third-order valence-electron chi connectivity index (χ3n) is 4.62. The van der Waals surface area contributed by atoms with Crippen LogP contribution in [0.1, 0.15) is 31.4 Å². The van der Waals surface area contributed by atoms with Crippen LogP contribution in [-0.2, 0) is 13.0 Å². The largest absolute Gasteiger partial charge is 0.497 e. The van der Waals surface area contributed by atoms with E-state index < -0.39 is 6.10 Å². The predicted molar refractivity (Wildman–Crippen MR) is 110 cm³/mol. The van der Waals surface area contributed by atoms with Gasteiger partial charge in [-0.05, 0) is 48.6 Å². The molecule has 27 heavy (non-hydrogen) atoms. The maximum absolute atomic E-state index is 10.6. The molecule has 4 nitrogen and oxygen atoms in total. The zero-order valence-electron chi connectivity index (χ0n) is 17.0. The number of aliphatic hydroxyl groups is 1. The van der Waals surface area contributed by atoms with Crippen molar-refractivity contribution in [2.24, 2.45) is 5.92 Å². The van der Waals surface area contributed by atoms with Crippen LogP contribution < -0.4 is 9.47 Å². The Balaban J connectivity index is 2.06. The second kappa shape index (κ2) is 11.0. The molecule has 148 valence electrons. The third kappa shape index (κ3) is 7.61. The molecule has 2 rings (SSSR count). The van der Waals surface area contributed by atoms with E-state index in [-0.39, 0.29) is 0 Å². The summed E-state index contributed by atoms with van der Waals surface area (Å²) in [5, 5.41) is 10.6. The van der Waals surface area contributed by atoms with E-state index in [9.17, 15) is 5.11 Å². The number of rotatable bonds is 11. The molecule has 1 N–H and O–H groups in total. The lowest BCUT2D eigenvalue weighted by Crippen LogP contribution is -2.34. The van der Waals surface area contributed by atoms with Crippen LogP contribution in [-0.4, -0.2) is 43.4 Å². The van der Waals surface area contributed by atoms with E-state index in [1.54, 1.807) is 14.2 Å². The number of hydrogen-bond acceptors (Lipinski definition) is 4. The molecule has 0 amide bonds. The summed E-state index contributed by atoms with van der Waals surface area (Å²) < 4.78 is 10.8. The maximum atomic E-state index is 10.6. The normalized spacial score (nSPS) is 12.4. The Morgan fingerprint density at radius 1 is 0.926 bits per heavy atom. The number of aliphatic hydroxyl groups excluding tert-OH is 1. The van der Waals surface area contributed by atoms with Crippen molar-refractivity contribution in [3.05, 3.63) is 59.7 Å². The molecule has 0 heterocycles. The summed E-state index contributed by atoms with van der Waals surface area (Å²) in [6.45, 7) is 6.80. The summed E-state index contributed by atoms with van der Waals surface area (Å²) >= 11 is 0. The number of methoxy groups -OCH3 is 2. The maximum Gasteiger partial charge on any atom is 0.122 e. The highest BCUT2D eigenvalue weighted by Gasteiger charge is 2.15. The SMILES string of the molecule is COc1cc(CN(CCC(C)C)C[C@@H](O)Cc2ccccc2)cc(OC)c1. The van der Waals surface area contributed by atoms with E-state index >= 15 is 0 Å². The van der Waals surface area contributed by atoms with E-state index in [1.165, 1.54) is 0 Å². The van der Waals surface area contributed by atoms with Gasteiger partial charge in [-0.25, -0.2) is 0 Å². The monoisotopic (exact) mass is 371 g/mol. The second-order valence-electron chi connectivity index (χ2n) is 7.48. The Hall–Kier alpha value is -2.04. The van der Waals surface area contributed by atoms with Gasteiger partial charge in [0.25, 0.3) is 0 Å². The molecule has 0 saturated heterocycles. The van der Waals surface area contributed by atoms with Crippen LogP contribution in [0.15, 0.2) is 48.5 Å². The van der Waals surface area contributed by atoms with Gasteiger partial charge in [0.1, 0.15) is 11.5 Å². The van der Waals surface area contributed by atoms with Crippen LogP contribution in [0.25, 0.3) is 0 Å². The van der Waals surface area contributed by atoms with Crippen molar-refractivity contribution in [2.45, 2.75) is 39.3 Å². The minimum atomic E-state index is -0.396. The van der Waals surface area contributed by atoms with Gasteiger partial charge in [0.15, 0.2) is 0 Å². The summed E-state index contributed by atoms with van der Waals surface area (Å²) in [5.74, 6) is 2.20. The van der Waals surface area contributed by atoms with E-state index in [2.05, 4.69) is 30.9 Å². The van der Waals surface area contributed by atoms with Crippen LogP contribution in [0.5, 0.6) is 11.5 Å². The summed E-state index contributed by atoms with van der Waals surface area (Å²) in [5.41, 5.74) is 2.29. The predicted octanol–water partition coefficient (Wildman–Crippen LogP) is 4.16. The number of ether oxygens (including phenoxy) is 2. The van der Waals surface area contributed by atoms with E-state index in [0.717, 1.165) is 42.1 Å². The van der Waals surface area contributed by atoms with Crippen LogP contribution in [0, 0.1) is 5.92 Å². The van der Waals surface area contributed by atoms with Crippen molar-refractivity contribution >= 4 is 0 Å². The molecule has 0 radical (unpaired) electrons. The lowest BCUT2D eigenvalue weighted by atomic mass is 10.1. The molecule has 1 atom stereocenters. The van der Waals surface area contributed by atoms with Gasteiger partial charge in [0.05, 0.1) is 20.3 Å². The Bertz CT molecular complexity index is 650. The molecule has 0 aliphatic heterocycles. The zero-order valence-corrected chi connectivity index (χ0v) is 17.0. The molecule has 2 aromatic rings. The minimum absolute atomic E-state index is 0.396. The Morgan fingerprint density at radius 3 is 2.11 bits per heavy atom. The first-order chi connectivity index (χ1) is 13.0. The summed E-state index contributed by atoms with van der Waals surface area (Å²) in [4.78, 5) is 2.32. The molecular weight excluding hydrogens is 338 g/mol. The molecule has 0 saturated carbocycles. The van der Waals surface area contributed by atoms with Crippen molar-refractivity contribution in [1.29, 1.82) is 0 Å². The highest BCUT2D eigenvalue weighted by atomic mass is 16.5. The van der Waals surface area contributed by atoms with Gasteiger partial charge in [-0.15, -0.1) is 0 Å². The minimum Gasteiger partial charge on any atom is -0.497 e. The van der Waals surface area contributed by atoms with Crippen LogP contribution in [0.4, 0.5) is 0 Å². The fourth-order valence-electron chi connectivity index (χ4n) is 3.14. The molecule has 2 aromatic carbocycles. The first-order valence-corrected chi connectivity index (χ1v) is 9.66. The summed E-state index contributed by atoms with van der Waals surface area (Å²) in [6, 6.07) is 16.1. The second-order valence-corrected chi connectivity index (χ2v) is 7.48. The standard InChI is InChI=1S/C23H33NO3/c1-18(2)10-11-24(17-21(25)12-19-8-6-5-7-9-19)16-20-13-22(26-3)15-23(14-20)27-4/h5-9,13-15,18,21,25H,10-12,16-17H2,1-4H3/t21-/m0/s1. The van der Waals surface area contributed by atoms with Crippen molar-refractivity contribution in [3.63, 3.8) is 0 Å². The average Bonchev–Trinajstić information content (AvgIpc) is 2.66. The van der Waals surface area contributed by atoms with Crippen molar-refractivity contribution in [1.82, 2.24) is 4.90 Å². The Kier molecular flexibility index (Phi) is 8.62. The molecule has 0 bridgehead atoms. The molecule has 0 fully saturated rings. The highest BCUT2D eigenvalue weighted by Crippen LogP contribution is 2.24. The molecule has 0 aromatic heterocycles. The average molecular weight is 372 g/mol. The van der Waals surface area contributed by atoms with Gasteiger partial charge in [-0.3, -0.25) is 4.90 Å². The lowest BCUT2D eigenvalue weighted by molar-refractivity contribution is 0.105. The number of benzene rings is 2. The van der Waals surface area contributed by atoms with Crippen molar-refractivity contribution < 1.29 is 14.6 Å². The Morgan fingerprint density at radius 2 is 1.56 bits per heavy atom. The third-order valence-corrected chi connectivity index (χ3v) is 4.62. The quantitative estimate of drug-likeness (QED) is 0.644. The molecule has 0 aliphatic carbocycles. The highest BCUT2D eigenvalue weighted by molar-refractivity contribution is 5.38. The molecule has 0 unspecified atom stereocenters. The van der Waals surface area contributed by atoms with Gasteiger partial charge in [0, 0.05) is 19.2 Å². The van der Waals surface area contributed by atoms with Crippen LogP contribution in [0.3, 0.4) is 0 Å². The van der Waals surface area contributed by atoms with Crippen LogP contribution >= 0.6 is 0 Å². The molecule has 0 spiro atoms. The van der Waals surface area contributed by atoms with Gasteiger partial charge < -0.3 is 14.6 Å². The van der Waals surface area contributed by atoms with Gasteiger partial charge in [-0.1, -0.05) is 44.2 Å². The van der Waals surface area contributed by atoms with E-state index in [4.69, 9.17) is 9.47 Å². The zero-order chi connectivity index (χ0) is 19.6. The topological polar surface area (TPSA) is 41.9 Å².